The van der Waals surface area contributed by atoms with Crippen LogP contribution in [0.25, 0.3) is 0 Å². The van der Waals surface area contributed by atoms with Crippen LogP contribution in [0.4, 0.5) is 11.4 Å². The lowest BCUT2D eigenvalue weighted by atomic mass is 9.99. The quantitative estimate of drug-likeness (QED) is 0.590. The highest BCUT2D eigenvalue weighted by Gasteiger charge is 2.34. The molecule has 0 saturated carbocycles. The molecule has 0 aliphatic carbocycles. The zero-order valence-electron chi connectivity index (χ0n) is 20.0. The van der Waals surface area contributed by atoms with Crippen molar-refractivity contribution in [1.29, 1.82) is 0 Å². The number of aryl methyl sites for hydroxylation is 2. The Hall–Kier alpha value is -3.35. The van der Waals surface area contributed by atoms with E-state index in [-0.39, 0.29) is 12.1 Å². The molecule has 1 atom stereocenters. The molecule has 0 aromatic heterocycles. The van der Waals surface area contributed by atoms with Crippen molar-refractivity contribution in [3.63, 3.8) is 0 Å². The van der Waals surface area contributed by atoms with Gasteiger partial charge in [-0.2, -0.15) is 0 Å². The number of amides is 1. The molecule has 2 aliphatic rings. The van der Waals surface area contributed by atoms with Gasteiger partial charge in [-0.3, -0.25) is 14.6 Å². The van der Waals surface area contributed by atoms with Crippen LogP contribution in [0.1, 0.15) is 38.8 Å². The molecule has 2 aliphatic heterocycles. The number of carbonyl (C=O) groups is 1. The Kier molecular flexibility index (Phi) is 6.26. The minimum atomic E-state index is -0.335. The average Bonchev–Trinajstić information content (AvgIpc) is 2.84. The zero-order valence-corrected chi connectivity index (χ0v) is 20.0. The summed E-state index contributed by atoms with van der Waals surface area (Å²) in [7, 11) is 1.71. The first-order valence-electron chi connectivity index (χ1n) is 11.8. The van der Waals surface area contributed by atoms with Crippen LogP contribution in [0.15, 0.2) is 60.7 Å². The summed E-state index contributed by atoms with van der Waals surface area (Å²) in [4.78, 5) is 18.0. The standard InChI is InChI=1S/C28H31N3O3/c1-19-14-20(2)16-23(15-19)31-27(29-25-7-5-4-6-24(25)28(31)32)21-8-9-26(33-3)22(17-21)18-30-10-12-34-13-11-30/h4-9,14-17,27,29H,10-13,18H2,1-3H3. The largest absolute Gasteiger partial charge is 0.496 e. The Balaban J connectivity index is 1.58. The number of rotatable bonds is 5. The van der Waals surface area contributed by atoms with Crippen molar-refractivity contribution >= 4 is 17.3 Å². The van der Waals surface area contributed by atoms with E-state index in [0.717, 1.165) is 72.2 Å². The van der Waals surface area contributed by atoms with Crippen molar-refractivity contribution in [2.45, 2.75) is 26.6 Å². The maximum absolute atomic E-state index is 13.8. The monoisotopic (exact) mass is 457 g/mol. The second-order valence-electron chi connectivity index (χ2n) is 9.07. The van der Waals surface area contributed by atoms with Crippen molar-refractivity contribution in [3.8, 4) is 5.75 Å². The number of carbonyl (C=O) groups excluding carboxylic acids is 1. The summed E-state index contributed by atoms with van der Waals surface area (Å²) < 4.78 is 11.2. The van der Waals surface area contributed by atoms with Crippen LogP contribution in [0, 0.1) is 13.8 Å². The van der Waals surface area contributed by atoms with Gasteiger partial charge in [0.05, 0.1) is 25.9 Å². The summed E-state index contributed by atoms with van der Waals surface area (Å²) in [5.41, 5.74) is 6.80. The first-order valence-corrected chi connectivity index (χ1v) is 11.8. The van der Waals surface area contributed by atoms with Crippen LogP contribution in [0.2, 0.25) is 0 Å². The van der Waals surface area contributed by atoms with E-state index in [1.165, 1.54) is 0 Å². The number of hydrogen-bond donors (Lipinski definition) is 1. The summed E-state index contributed by atoms with van der Waals surface area (Å²) in [6.45, 7) is 8.20. The third kappa shape index (κ3) is 4.39. The van der Waals surface area contributed by atoms with Crippen molar-refractivity contribution in [3.05, 3.63) is 88.5 Å². The van der Waals surface area contributed by atoms with E-state index in [1.54, 1.807) is 7.11 Å². The van der Waals surface area contributed by atoms with E-state index in [0.29, 0.717) is 5.56 Å². The Morgan fingerprint density at radius 3 is 2.47 bits per heavy atom. The van der Waals surface area contributed by atoms with Gasteiger partial charge in [-0.25, -0.2) is 0 Å². The van der Waals surface area contributed by atoms with Crippen molar-refractivity contribution < 1.29 is 14.3 Å². The third-order valence-electron chi connectivity index (χ3n) is 6.53. The van der Waals surface area contributed by atoms with Crippen LogP contribution in [0.5, 0.6) is 5.75 Å². The van der Waals surface area contributed by atoms with Gasteiger partial charge in [-0.15, -0.1) is 0 Å². The fourth-order valence-electron chi connectivity index (χ4n) is 4.94. The molecule has 34 heavy (non-hydrogen) atoms. The minimum Gasteiger partial charge on any atom is -0.496 e. The van der Waals surface area contributed by atoms with Crippen LogP contribution in [-0.2, 0) is 11.3 Å². The number of para-hydroxylation sites is 1. The Morgan fingerprint density at radius 1 is 1.00 bits per heavy atom. The number of ether oxygens (including phenoxy) is 2. The zero-order chi connectivity index (χ0) is 23.7. The molecule has 1 unspecified atom stereocenters. The van der Waals surface area contributed by atoms with Crippen LogP contribution < -0.4 is 15.0 Å². The molecular weight excluding hydrogens is 426 g/mol. The highest BCUT2D eigenvalue weighted by Crippen LogP contribution is 2.38. The second-order valence-corrected chi connectivity index (χ2v) is 9.07. The van der Waals surface area contributed by atoms with E-state index in [1.807, 2.05) is 35.2 Å². The number of nitrogens with zero attached hydrogens (tertiary/aromatic N) is 2. The topological polar surface area (TPSA) is 54.0 Å². The van der Waals surface area contributed by atoms with Gasteiger partial charge in [0.15, 0.2) is 0 Å². The third-order valence-corrected chi connectivity index (χ3v) is 6.53. The number of hydrogen-bond acceptors (Lipinski definition) is 5. The molecule has 1 saturated heterocycles. The van der Waals surface area contributed by atoms with E-state index in [4.69, 9.17) is 9.47 Å². The summed E-state index contributed by atoms with van der Waals surface area (Å²) in [5.74, 6) is 0.852. The van der Waals surface area contributed by atoms with Gasteiger partial charge in [0, 0.05) is 36.6 Å². The molecule has 3 aromatic rings. The molecule has 3 aromatic carbocycles. The lowest BCUT2D eigenvalue weighted by Gasteiger charge is -2.38. The van der Waals surface area contributed by atoms with Crippen molar-refractivity contribution in [2.24, 2.45) is 0 Å². The van der Waals surface area contributed by atoms with Gasteiger partial charge >= 0.3 is 0 Å². The van der Waals surface area contributed by atoms with E-state index >= 15 is 0 Å². The lowest BCUT2D eigenvalue weighted by molar-refractivity contribution is 0.0338. The van der Waals surface area contributed by atoms with Gasteiger partial charge in [0.25, 0.3) is 5.91 Å². The molecule has 1 N–H and O–H groups in total. The van der Waals surface area contributed by atoms with Gasteiger partial charge in [0.2, 0.25) is 0 Å². The molecule has 176 valence electrons. The van der Waals surface area contributed by atoms with Crippen molar-refractivity contribution in [2.75, 3.05) is 43.6 Å². The van der Waals surface area contributed by atoms with Gasteiger partial charge in [-0.1, -0.05) is 24.3 Å². The molecule has 6 nitrogen and oxygen atoms in total. The SMILES string of the molecule is COc1ccc(C2Nc3ccccc3C(=O)N2c2cc(C)cc(C)c2)cc1CN1CCOCC1. The molecule has 0 radical (unpaired) electrons. The Morgan fingerprint density at radius 2 is 1.74 bits per heavy atom. The molecular formula is C28H31N3O3. The molecule has 1 amide bonds. The van der Waals surface area contributed by atoms with Gasteiger partial charge in [0.1, 0.15) is 11.9 Å². The highest BCUT2D eigenvalue weighted by molar-refractivity contribution is 6.12. The molecule has 6 heteroatoms. The molecule has 0 bridgehead atoms. The number of benzene rings is 3. The number of anilines is 2. The molecule has 2 heterocycles. The fraction of sp³-hybridized carbons (Fsp3) is 0.321. The fourth-order valence-corrected chi connectivity index (χ4v) is 4.94. The summed E-state index contributed by atoms with van der Waals surface area (Å²) in [6.07, 6.45) is -0.335. The number of nitrogens with one attached hydrogen (secondary N) is 1. The smallest absolute Gasteiger partial charge is 0.262 e. The normalized spacial score (nSPS) is 18.4. The molecule has 5 rings (SSSR count). The molecule has 1 fully saturated rings. The van der Waals surface area contributed by atoms with E-state index in [9.17, 15) is 4.79 Å². The van der Waals surface area contributed by atoms with Gasteiger partial charge < -0.3 is 14.8 Å². The summed E-state index contributed by atoms with van der Waals surface area (Å²) in [5, 5.41) is 3.63. The van der Waals surface area contributed by atoms with E-state index in [2.05, 4.69) is 54.4 Å². The first-order chi connectivity index (χ1) is 16.5. The highest BCUT2D eigenvalue weighted by atomic mass is 16.5. The number of morpholine rings is 1. The summed E-state index contributed by atoms with van der Waals surface area (Å²) in [6, 6.07) is 20.2. The second kappa shape index (κ2) is 9.49. The minimum absolute atomic E-state index is 0.00472. The average molecular weight is 458 g/mol. The van der Waals surface area contributed by atoms with Crippen LogP contribution in [-0.4, -0.2) is 44.2 Å². The predicted molar refractivity (Wildman–Crippen MR) is 135 cm³/mol. The lowest BCUT2D eigenvalue weighted by Crippen LogP contribution is -2.43. The number of methoxy groups -OCH3 is 1. The summed E-state index contributed by atoms with van der Waals surface area (Å²) >= 11 is 0. The maximum Gasteiger partial charge on any atom is 0.262 e. The first kappa shape index (κ1) is 22.4. The van der Waals surface area contributed by atoms with Crippen LogP contribution in [0.3, 0.4) is 0 Å². The van der Waals surface area contributed by atoms with Crippen molar-refractivity contribution in [1.82, 2.24) is 4.90 Å². The maximum atomic E-state index is 13.8. The Bertz CT molecular complexity index is 1180. The van der Waals surface area contributed by atoms with Gasteiger partial charge in [-0.05, 0) is 66.9 Å². The predicted octanol–water partition coefficient (Wildman–Crippen LogP) is 4.92. The van der Waals surface area contributed by atoms with E-state index < -0.39 is 0 Å². The molecule has 0 spiro atoms. The number of fused-ring (bicyclic) bond motifs is 1. The Labute approximate surface area is 201 Å². The van der Waals surface area contributed by atoms with Crippen LogP contribution >= 0.6 is 0 Å².